The molecule has 0 saturated carbocycles. The standard InChI is InChI=1S/C22H34N2O5/c1-14(2)11-18(13-23-21(27)29-22(5,6)7)24-20(26)16(4)28-19-10-8-9-17(12-19)15(3)25/h8-10,12,14,16,18H,11,13H2,1-7H3,(H,23,27)(H,24,26)/t16-,18+/m0/s1. The maximum atomic E-state index is 12.6. The van der Waals surface area contributed by atoms with Crippen LogP contribution in [0.1, 0.15) is 65.2 Å². The molecule has 1 aromatic carbocycles. The van der Waals surface area contributed by atoms with Gasteiger partial charge in [0.15, 0.2) is 11.9 Å². The third-order valence-electron chi connectivity index (χ3n) is 3.92. The topological polar surface area (TPSA) is 93.7 Å². The van der Waals surface area contributed by atoms with E-state index in [0.29, 0.717) is 23.7 Å². The highest BCUT2D eigenvalue weighted by molar-refractivity contribution is 5.94. The highest BCUT2D eigenvalue weighted by Crippen LogP contribution is 2.16. The number of Topliss-reactive ketones (excluding diaryl/α,β-unsaturated/α-hetero) is 1. The average molecular weight is 407 g/mol. The Hall–Kier alpha value is -2.57. The van der Waals surface area contributed by atoms with Crippen LogP contribution < -0.4 is 15.4 Å². The molecule has 0 bridgehead atoms. The van der Waals surface area contributed by atoms with Crippen molar-refractivity contribution < 1.29 is 23.9 Å². The van der Waals surface area contributed by atoms with Crippen LogP contribution in [0.3, 0.4) is 0 Å². The summed E-state index contributed by atoms with van der Waals surface area (Å²) in [5.41, 5.74) is -0.0631. The third-order valence-corrected chi connectivity index (χ3v) is 3.92. The number of ether oxygens (including phenoxy) is 2. The summed E-state index contributed by atoms with van der Waals surface area (Å²) in [6, 6.07) is 6.46. The highest BCUT2D eigenvalue weighted by Gasteiger charge is 2.22. The molecule has 0 aliphatic rings. The molecule has 29 heavy (non-hydrogen) atoms. The quantitative estimate of drug-likeness (QED) is 0.610. The van der Waals surface area contributed by atoms with Crippen molar-refractivity contribution in [2.75, 3.05) is 6.54 Å². The number of benzene rings is 1. The molecule has 0 aliphatic heterocycles. The van der Waals surface area contributed by atoms with Gasteiger partial charge >= 0.3 is 6.09 Å². The largest absolute Gasteiger partial charge is 0.481 e. The van der Waals surface area contributed by atoms with Gasteiger partial charge in [0, 0.05) is 18.2 Å². The summed E-state index contributed by atoms with van der Waals surface area (Å²) in [5, 5.41) is 5.63. The Bertz CT molecular complexity index is 709. The van der Waals surface area contributed by atoms with E-state index in [1.807, 2.05) is 13.8 Å². The van der Waals surface area contributed by atoms with Crippen molar-refractivity contribution in [3.63, 3.8) is 0 Å². The number of nitrogens with one attached hydrogen (secondary N) is 2. The molecule has 1 rings (SSSR count). The second-order valence-corrected chi connectivity index (χ2v) is 8.56. The van der Waals surface area contributed by atoms with Crippen LogP contribution in [0.25, 0.3) is 0 Å². The average Bonchev–Trinajstić information content (AvgIpc) is 2.57. The van der Waals surface area contributed by atoms with E-state index in [-0.39, 0.29) is 24.3 Å². The van der Waals surface area contributed by atoms with Gasteiger partial charge in [0.25, 0.3) is 5.91 Å². The molecular formula is C22H34N2O5. The lowest BCUT2D eigenvalue weighted by Gasteiger charge is -2.25. The van der Waals surface area contributed by atoms with Crippen LogP contribution in [-0.4, -0.2) is 42.1 Å². The molecule has 162 valence electrons. The van der Waals surface area contributed by atoms with E-state index in [0.717, 1.165) is 0 Å². The zero-order valence-corrected chi connectivity index (χ0v) is 18.5. The minimum Gasteiger partial charge on any atom is -0.481 e. The zero-order chi connectivity index (χ0) is 22.2. The maximum absolute atomic E-state index is 12.6. The monoisotopic (exact) mass is 406 g/mol. The second kappa shape index (κ2) is 10.8. The number of carbonyl (C=O) groups is 3. The lowest BCUT2D eigenvalue weighted by atomic mass is 10.0. The summed E-state index contributed by atoms with van der Waals surface area (Å²) >= 11 is 0. The van der Waals surface area contributed by atoms with Crippen LogP contribution in [0.15, 0.2) is 24.3 Å². The van der Waals surface area contributed by atoms with Gasteiger partial charge in [-0.2, -0.15) is 0 Å². The molecule has 0 heterocycles. The summed E-state index contributed by atoms with van der Waals surface area (Å²) in [5.74, 6) is 0.407. The molecule has 2 amide bonds. The van der Waals surface area contributed by atoms with Crippen LogP contribution in [0.2, 0.25) is 0 Å². The fourth-order valence-electron chi connectivity index (χ4n) is 2.65. The SMILES string of the molecule is CC(=O)c1cccc(O[C@@H](C)C(=O)N[C@@H](CNC(=O)OC(C)(C)C)CC(C)C)c1. The van der Waals surface area contributed by atoms with Crippen LogP contribution >= 0.6 is 0 Å². The van der Waals surface area contributed by atoms with Crippen LogP contribution in [-0.2, 0) is 9.53 Å². The van der Waals surface area contributed by atoms with Gasteiger partial charge in [-0.1, -0.05) is 26.0 Å². The van der Waals surface area contributed by atoms with Crippen molar-refractivity contribution in [1.29, 1.82) is 0 Å². The first-order valence-electron chi connectivity index (χ1n) is 9.92. The van der Waals surface area contributed by atoms with Crippen molar-refractivity contribution in [1.82, 2.24) is 10.6 Å². The van der Waals surface area contributed by atoms with Crippen LogP contribution in [0.4, 0.5) is 4.79 Å². The highest BCUT2D eigenvalue weighted by atomic mass is 16.6. The van der Waals surface area contributed by atoms with Gasteiger partial charge in [0.05, 0.1) is 0 Å². The Morgan fingerprint density at radius 3 is 2.31 bits per heavy atom. The summed E-state index contributed by atoms with van der Waals surface area (Å²) in [7, 11) is 0. The number of amides is 2. The predicted octanol–water partition coefficient (Wildman–Crippen LogP) is 3.71. The second-order valence-electron chi connectivity index (χ2n) is 8.56. The molecule has 2 atom stereocenters. The lowest BCUT2D eigenvalue weighted by molar-refractivity contribution is -0.128. The first-order valence-corrected chi connectivity index (χ1v) is 9.92. The summed E-state index contributed by atoms with van der Waals surface area (Å²) < 4.78 is 10.9. The van der Waals surface area contributed by atoms with E-state index in [9.17, 15) is 14.4 Å². The summed E-state index contributed by atoms with van der Waals surface area (Å²) in [6.45, 7) is 12.8. The Morgan fingerprint density at radius 1 is 1.10 bits per heavy atom. The molecule has 7 nitrogen and oxygen atoms in total. The predicted molar refractivity (Wildman–Crippen MR) is 112 cm³/mol. The summed E-state index contributed by atoms with van der Waals surface area (Å²) in [6.07, 6.45) is -0.590. The number of carbonyl (C=O) groups excluding carboxylic acids is 3. The smallest absolute Gasteiger partial charge is 0.407 e. The third kappa shape index (κ3) is 9.96. The van der Waals surface area contributed by atoms with Gasteiger partial charge < -0.3 is 20.1 Å². The number of ketones is 1. The van der Waals surface area contributed by atoms with Gasteiger partial charge in [-0.15, -0.1) is 0 Å². The van der Waals surface area contributed by atoms with E-state index in [1.165, 1.54) is 6.92 Å². The molecule has 0 saturated heterocycles. The van der Waals surface area contributed by atoms with Crippen molar-refractivity contribution in [2.24, 2.45) is 5.92 Å². The van der Waals surface area contributed by atoms with Gasteiger partial charge in [0.1, 0.15) is 11.4 Å². The van der Waals surface area contributed by atoms with Crippen molar-refractivity contribution in [2.45, 2.75) is 72.6 Å². The van der Waals surface area contributed by atoms with E-state index >= 15 is 0 Å². The Labute approximate surface area is 173 Å². The Kier molecular flexibility index (Phi) is 9.14. The number of hydrogen-bond donors (Lipinski definition) is 2. The number of hydrogen-bond acceptors (Lipinski definition) is 5. The molecule has 0 aliphatic carbocycles. The fraction of sp³-hybridized carbons (Fsp3) is 0.591. The molecule has 2 N–H and O–H groups in total. The molecule has 0 aromatic heterocycles. The van der Waals surface area contributed by atoms with Gasteiger partial charge in [-0.3, -0.25) is 9.59 Å². The van der Waals surface area contributed by atoms with Crippen molar-refractivity contribution in [3.05, 3.63) is 29.8 Å². The minimum atomic E-state index is -0.756. The molecule has 0 unspecified atom stereocenters. The first-order chi connectivity index (χ1) is 13.4. The van der Waals surface area contributed by atoms with E-state index in [4.69, 9.17) is 9.47 Å². The molecule has 0 fully saturated rings. The molecule has 7 heteroatoms. The van der Waals surface area contributed by atoms with Gasteiger partial charge in [-0.05, 0) is 59.1 Å². The molecule has 0 spiro atoms. The normalized spacial score (nSPS) is 13.4. The van der Waals surface area contributed by atoms with Crippen molar-refractivity contribution >= 4 is 17.8 Å². The van der Waals surface area contributed by atoms with Crippen LogP contribution in [0.5, 0.6) is 5.75 Å². The van der Waals surface area contributed by atoms with Gasteiger partial charge in [0.2, 0.25) is 0 Å². The Balaban J connectivity index is 2.67. The maximum Gasteiger partial charge on any atom is 0.407 e. The first kappa shape index (κ1) is 24.5. The molecular weight excluding hydrogens is 372 g/mol. The fourth-order valence-corrected chi connectivity index (χ4v) is 2.65. The van der Waals surface area contributed by atoms with Crippen LogP contribution in [0, 0.1) is 5.92 Å². The van der Waals surface area contributed by atoms with Gasteiger partial charge in [-0.25, -0.2) is 4.79 Å². The number of rotatable bonds is 9. The lowest BCUT2D eigenvalue weighted by Crippen LogP contribution is -2.48. The van der Waals surface area contributed by atoms with E-state index in [1.54, 1.807) is 52.0 Å². The Morgan fingerprint density at radius 2 is 1.76 bits per heavy atom. The van der Waals surface area contributed by atoms with E-state index in [2.05, 4.69) is 10.6 Å². The molecule has 1 aromatic rings. The molecule has 0 radical (unpaired) electrons. The van der Waals surface area contributed by atoms with Crippen molar-refractivity contribution in [3.8, 4) is 5.75 Å². The number of alkyl carbamates (subject to hydrolysis) is 1. The summed E-state index contributed by atoms with van der Waals surface area (Å²) in [4.78, 5) is 36.0. The zero-order valence-electron chi connectivity index (χ0n) is 18.5. The van der Waals surface area contributed by atoms with E-state index < -0.39 is 17.8 Å². The minimum absolute atomic E-state index is 0.0715.